The van der Waals surface area contributed by atoms with Crippen molar-refractivity contribution in [1.82, 2.24) is 0 Å². The van der Waals surface area contributed by atoms with Crippen LogP contribution >= 0.6 is 15.9 Å². The Kier molecular flexibility index (Phi) is 4.90. The lowest BCUT2D eigenvalue weighted by molar-refractivity contribution is 0.391. The number of ether oxygens (including phenoxy) is 2. The van der Waals surface area contributed by atoms with E-state index < -0.39 is 0 Å². The van der Waals surface area contributed by atoms with Gasteiger partial charge >= 0.3 is 0 Å². The average Bonchev–Trinajstić information content (AvgIpc) is 2.48. The average molecular weight is 336 g/mol. The van der Waals surface area contributed by atoms with Gasteiger partial charge in [0.15, 0.2) is 0 Å². The Morgan fingerprint density at radius 1 is 1.05 bits per heavy atom. The van der Waals surface area contributed by atoms with Crippen LogP contribution in [-0.2, 0) is 6.54 Å². The van der Waals surface area contributed by atoms with Crippen molar-refractivity contribution in [2.45, 2.75) is 13.5 Å². The van der Waals surface area contributed by atoms with E-state index in [0.717, 1.165) is 27.2 Å². The maximum Gasteiger partial charge on any atom is 0.127 e. The molecular formula is C16H18BrNO2. The minimum Gasteiger partial charge on any atom is -0.497 e. The summed E-state index contributed by atoms with van der Waals surface area (Å²) >= 11 is 3.55. The second-order valence-corrected chi connectivity index (χ2v) is 5.37. The van der Waals surface area contributed by atoms with E-state index in [1.54, 1.807) is 14.2 Å². The van der Waals surface area contributed by atoms with Crippen LogP contribution in [0.1, 0.15) is 11.1 Å². The molecule has 2 aromatic rings. The fourth-order valence-electron chi connectivity index (χ4n) is 1.96. The number of methoxy groups -OCH3 is 2. The van der Waals surface area contributed by atoms with Gasteiger partial charge in [-0.15, -0.1) is 0 Å². The highest BCUT2D eigenvalue weighted by Crippen LogP contribution is 2.27. The molecule has 0 fully saturated rings. The quantitative estimate of drug-likeness (QED) is 0.879. The maximum absolute atomic E-state index is 5.40. The maximum atomic E-state index is 5.40. The molecule has 0 aromatic heterocycles. The van der Waals surface area contributed by atoms with Crippen LogP contribution in [-0.4, -0.2) is 14.2 Å². The minimum absolute atomic E-state index is 0.690. The molecule has 0 amide bonds. The van der Waals surface area contributed by atoms with Crippen LogP contribution in [0.25, 0.3) is 0 Å². The number of nitrogens with one attached hydrogen (secondary N) is 1. The summed E-state index contributed by atoms with van der Waals surface area (Å²) in [6.07, 6.45) is 0. The van der Waals surface area contributed by atoms with Gasteiger partial charge in [-0.3, -0.25) is 0 Å². The van der Waals surface area contributed by atoms with Gasteiger partial charge in [0.2, 0.25) is 0 Å². The van der Waals surface area contributed by atoms with Gasteiger partial charge in [-0.05, 0) is 52.7 Å². The summed E-state index contributed by atoms with van der Waals surface area (Å²) in [6, 6.07) is 12.1. The smallest absolute Gasteiger partial charge is 0.127 e. The van der Waals surface area contributed by atoms with E-state index in [0.29, 0.717) is 6.54 Å². The van der Waals surface area contributed by atoms with E-state index in [1.165, 1.54) is 5.56 Å². The molecule has 0 heterocycles. The van der Waals surface area contributed by atoms with E-state index in [4.69, 9.17) is 9.47 Å². The zero-order chi connectivity index (χ0) is 14.5. The monoisotopic (exact) mass is 335 g/mol. The summed E-state index contributed by atoms with van der Waals surface area (Å²) in [5.74, 6) is 1.61. The molecule has 0 atom stereocenters. The molecule has 0 unspecified atom stereocenters. The SMILES string of the molecule is COc1ccc(CNc2cc(C)ccc2Br)c(OC)c1. The Labute approximate surface area is 128 Å². The summed E-state index contributed by atoms with van der Waals surface area (Å²) < 4.78 is 11.7. The van der Waals surface area contributed by atoms with Gasteiger partial charge in [0, 0.05) is 28.3 Å². The Hall–Kier alpha value is -1.68. The Morgan fingerprint density at radius 2 is 1.85 bits per heavy atom. The zero-order valence-corrected chi connectivity index (χ0v) is 13.5. The van der Waals surface area contributed by atoms with E-state index >= 15 is 0 Å². The lowest BCUT2D eigenvalue weighted by Gasteiger charge is -2.13. The first-order chi connectivity index (χ1) is 9.63. The standard InChI is InChI=1S/C16H18BrNO2/c1-11-4-7-14(17)15(8-11)18-10-12-5-6-13(19-2)9-16(12)20-3/h4-9,18H,10H2,1-3H3. The van der Waals surface area contributed by atoms with Gasteiger partial charge in [0.25, 0.3) is 0 Å². The van der Waals surface area contributed by atoms with Crippen LogP contribution in [0.5, 0.6) is 11.5 Å². The summed E-state index contributed by atoms with van der Waals surface area (Å²) in [5.41, 5.74) is 3.38. The molecule has 0 aliphatic heterocycles. The highest BCUT2D eigenvalue weighted by atomic mass is 79.9. The molecule has 0 radical (unpaired) electrons. The zero-order valence-electron chi connectivity index (χ0n) is 11.9. The van der Waals surface area contributed by atoms with Crippen LogP contribution in [0.4, 0.5) is 5.69 Å². The fourth-order valence-corrected chi connectivity index (χ4v) is 2.35. The third-order valence-electron chi connectivity index (χ3n) is 3.09. The third-order valence-corrected chi connectivity index (χ3v) is 3.78. The first kappa shape index (κ1) is 14.7. The van der Waals surface area contributed by atoms with Crippen molar-refractivity contribution in [2.75, 3.05) is 19.5 Å². The van der Waals surface area contributed by atoms with Crippen molar-refractivity contribution < 1.29 is 9.47 Å². The molecule has 1 N–H and O–H groups in total. The number of halogens is 1. The molecule has 106 valence electrons. The van der Waals surface area contributed by atoms with Crippen molar-refractivity contribution >= 4 is 21.6 Å². The summed E-state index contributed by atoms with van der Waals surface area (Å²) in [5, 5.41) is 3.41. The highest BCUT2D eigenvalue weighted by Gasteiger charge is 2.06. The van der Waals surface area contributed by atoms with Crippen molar-refractivity contribution in [3.8, 4) is 11.5 Å². The number of rotatable bonds is 5. The third kappa shape index (κ3) is 3.45. The number of hydrogen-bond acceptors (Lipinski definition) is 3. The van der Waals surface area contributed by atoms with Crippen LogP contribution in [0.2, 0.25) is 0 Å². The molecule has 0 saturated carbocycles. The number of aryl methyl sites for hydroxylation is 1. The molecular weight excluding hydrogens is 318 g/mol. The van der Waals surface area contributed by atoms with E-state index in [2.05, 4.69) is 40.3 Å². The second-order valence-electron chi connectivity index (χ2n) is 4.51. The molecule has 20 heavy (non-hydrogen) atoms. The van der Waals surface area contributed by atoms with Crippen LogP contribution < -0.4 is 14.8 Å². The van der Waals surface area contributed by atoms with E-state index in [9.17, 15) is 0 Å². The molecule has 0 spiro atoms. The first-order valence-electron chi connectivity index (χ1n) is 6.35. The molecule has 2 rings (SSSR count). The van der Waals surface area contributed by atoms with Crippen LogP contribution in [0.15, 0.2) is 40.9 Å². The second kappa shape index (κ2) is 6.66. The molecule has 0 aliphatic carbocycles. The lowest BCUT2D eigenvalue weighted by atomic mass is 10.1. The van der Waals surface area contributed by atoms with E-state index in [1.807, 2.05) is 24.3 Å². The molecule has 3 nitrogen and oxygen atoms in total. The molecule has 0 saturated heterocycles. The van der Waals surface area contributed by atoms with Gasteiger partial charge < -0.3 is 14.8 Å². The van der Waals surface area contributed by atoms with Gasteiger partial charge in [-0.1, -0.05) is 6.07 Å². The van der Waals surface area contributed by atoms with Gasteiger partial charge in [0.1, 0.15) is 11.5 Å². The highest BCUT2D eigenvalue weighted by molar-refractivity contribution is 9.10. The summed E-state index contributed by atoms with van der Waals surface area (Å²) in [7, 11) is 3.32. The number of hydrogen-bond donors (Lipinski definition) is 1. The Balaban J connectivity index is 2.16. The first-order valence-corrected chi connectivity index (χ1v) is 7.14. The predicted molar refractivity (Wildman–Crippen MR) is 85.8 cm³/mol. The van der Waals surface area contributed by atoms with Gasteiger partial charge in [-0.2, -0.15) is 0 Å². The Morgan fingerprint density at radius 3 is 2.55 bits per heavy atom. The largest absolute Gasteiger partial charge is 0.497 e. The van der Waals surface area contributed by atoms with E-state index in [-0.39, 0.29) is 0 Å². The molecule has 4 heteroatoms. The fraction of sp³-hybridized carbons (Fsp3) is 0.250. The van der Waals surface area contributed by atoms with Crippen molar-refractivity contribution in [2.24, 2.45) is 0 Å². The summed E-state index contributed by atoms with van der Waals surface area (Å²) in [4.78, 5) is 0. The van der Waals surface area contributed by atoms with Crippen LogP contribution in [0.3, 0.4) is 0 Å². The molecule has 2 aromatic carbocycles. The van der Waals surface area contributed by atoms with Crippen LogP contribution in [0, 0.1) is 6.92 Å². The van der Waals surface area contributed by atoms with Crippen molar-refractivity contribution in [1.29, 1.82) is 0 Å². The Bertz CT molecular complexity index is 599. The molecule has 0 aliphatic rings. The normalized spacial score (nSPS) is 10.2. The number of benzene rings is 2. The van der Waals surface area contributed by atoms with Crippen molar-refractivity contribution in [3.05, 3.63) is 52.0 Å². The van der Waals surface area contributed by atoms with Gasteiger partial charge in [0.05, 0.1) is 14.2 Å². The minimum atomic E-state index is 0.690. The van der Waals surface area contributed by atoms with Crippen molar-refractivity contribution in [3.63, 3.8) is 0 Å². The number of anilines is 1. The summed E-state index contributed by atoms with van der Waals surface area (Å²) in [6.45, 7) is 2.76. The van der Waals surface area contributed by atoms with Gasteiger partial charge in [-0.25, -0.2) is 0 Å². The molecule has 0 bridgehead atoms. The predicted octanol–water partition coefficient (Wildman–Crippen LogP) is 4.39. The lowest BCUT2D eigenvalue weighted by Crippen LogP contribution is -2.02. The topological polar surface area (TPSA) is 30.5 Å².